The van der Waals surface area contributed by atoms with Crippen molar-refractivity contribution in [2.24, 2.45) is 5.92 Å². The van der Waals surface area contributed by atoms with E-state index >= 15 is 0 Å². The highest BCUT2D eigenvalue weighted by Gasteiger charge is 2.21. The highest BCUT2D eigenvalue weighted by Crippen LogP contribution is 2.23. The Morgan fingerprint density at radius 1 is 1.24 bits per heavy atom. The summed E-state index contributed by atoms with van der Waals surface area (Å²) in [4.78, 5) is 10.8. The minimum absolute atomic E-state index is 0.261. The maximum absolute atomic E-state index is 10.8. The van der Waals surface area contributed by atoms with Crippen LogP contribution in [0.15, 0.2) is 24.3 Å². The summed E-state index contributed by atoms with van der Waals surface area (Å²) in [6.07, 6.45) is 4.93. The van der Waals surface area contributed by atoms with E-state index < -0.39 is 5.97 Å². The molecule has 0 saturated heterocycles. The summed E-state index contributed by atoms with van der Waals surface area (Å²) in [5.74, 6) is -0.300. The lowest BCUT2D eigenvalue weighted by atomic mass is 9.86. The fourth-order valence-corrected chi connectivity index (χ4v) is 2.76. The van der Waals surface area contributed by atoms with Gasteiger partial charge in [0.1, 0.15) is 0 Å². The van der Waals surface area contributed by atoms with Crippen molar-refractivity contribution < 1.29 is 9.90 Å². The van der Waals surface area contributed by atoms with Crippen LogP contribution in [0, 0.1) is 5.92 Å². The summed E-state index contributed by atoms with van der Waals surface area (Å²) in [6.45, 7) is 2.25. The lowest BCUT2D eigenvalue weighted by Gasteiger charge is -2.30. The Balaban J connectivity index is 1.79. The number of benzene rings is 1. The molecule has 0 aliphatic heterocycles. The Kier molecular flexibility index (Phi) is 5.38. The van der Waals surface area contributed by atoms with E-state index in [1.165, 1.54) is 19.3 Å². The zero-order valence-electron chi connectivity index (χ0n) is 12.1. The summed E-state index contributed by atoms with van der Waals surface area (Å²) >= 11 is 5.28. The first-order valence-corrected chi connectivity index (χ1v) is 7.63. The number of rotatable bonds is 4. The van der Waals surface area contributed by atoms with E-state index in [9.17, 15) is 4.79 Å². The third kappa shape index (κ3) is 4.60. The van der Waals surface area contributed by atoms with E-state index in [-0.39, 0.29) is 5.56 Å². The summed E-state index contributed by atoms with van der Waals surface area (Å²) < 4.78 is 0. The van der Waals surface area contributed by atoms with Crippen LogP contribution in [-0.4, -0.2) is 22.2 Å². The summed E-state index contributed by atoms with van der Waals surface area (Å²) in [6, 6.07) is 6.91. The molecule has 0 amide bonds. The molecule has 0 radical (unpaired) electrons. The highest BCUT2D eigenvalue weighted by molar-refractivity contribution is 7.80. The van der Waals surface area contributed by atoms with Crippen LogP contribution in [0.5, 0.6) is 0 Å². The van der Waals surface area contributed by atoms with Crippen molar-refractivity contribution in [1.82, 2.24) is 10.7 Å². The second-order valence-electron chi connectivity index (χ2n) is 5.47. The topological polar surface area (TPSA) is 73.4 Å². The molecule has 1 saturated carbocycles. The predicted octanol–water partition coefficient (Wildman–Crippen LogP) is 2.75. The molecule has 21 heavy (non-hydrogen) atoms. The van der Waals surface area contributed by atoms with E-state index in [1.54, 1.807) is 24.3 Å². The molecule has 0 aromatic heterocycles. The third-order valence-electron chi connectivity index (χ3n) is 3.88. The van der Waals surface area contributed by atoms with Crippen LogP contribution in [-0.2, 0) is 0 Å². The Labute approximate surface area is 130 Å². The summed E-state index contributed by atoms with van der Waals surface area (Å²) in [5, 5.41) is 12.7. The maximum Gasteiger partial charge on any atom is 0.335 e. The van der Waals surface area contributed by atoms with Gasteiger partial charge in [-0.25, -0.2) is 4.79 Å². The molecular formula is C15H21N3O2S. The smallest absolute Gasteiger partial charge is 0.335 e. The first-order chi connectivity index (χ1) is 10.1. The van der Waals surface area contributed by atoms with Gasteiger partial charge in [-0.15, -0.1) is 0 Å². The van der Waals surface area contributed by atoms with Gasteiger partial charge in [-0.05, 0) is 55.2 Å². The number of carboxylic acids is 1. The standard InChI is InChI=1S/C15H21N3O2S/c1-10-4-2-3-5-13(10)16-15(21)18-17-12-8-6-11(7-9-12)14(19)20/h6-10,13,17H,2-5H2,1H3,(H,19,20)(H2,16,18,21)/t10-,13-/m0/s1. The van der Waals surface area contributed by atoms with Gasteiger partial charge in [-0.2, -0.15) is 0 Å². The van der Waals surface area contributed by atoms with Crippen LogP contribution in [0.1, 0.15) is 43.0 Å². The number of nitrogens with one attached hydrogen (secondary N) is 3. The van der Waals surface area contributed by atoms with Crippen LogP contribution in [0.25, 0.3) is 0 Å². The summed E-state index contributed by atoms with van der Waals surface area (Å²) in [5.41, 5.74) is 6.93. The highest BCUT2D eigenvalue weighted by atomic mass is 32.1. The molecule has 1 aliphatic rings. The van der Waals surface area contributed by atoms with Gasteiger partial charge in [0.05, 0.1) is 11.3 Å². The van der Waals surface area contributed by atoms with Crippen LogP contribution in [0.2, 0.25) is 0 Å². The van der Waals surface area contributed by atoms with Gasteiger partial charge in [-0.3, -0.25) is 10.9 Å². The van der Waals surface area contributed by atoms with Gasteiger partial charge in [-0.1, -0.05) is 19.8 Å². The average Bonchev–Trinajstić information content (AvgIpc) is 2.48. The second kappa shape index (κ2) is 7.26. The maximum atomic E-state index is 10.8. The minimum atomic E-state index is -0.932. The number of hydrazine groups is 1. The van der Waals surface area contributed by atoms with Crippen molar-refractivity contribution in [2.75, 3.05) is 5.43 Å². The monoisotopic (exact) mass is 307 g/mol. The van der Waals surface area contributed by atoms with E-state index in [0.717, 1.165) is 12.1 Å². The van der Waals surface area contributed by atoms with E-state index in [2.05, 4.69) is 23.1 Å². The van der Waals surface area contributed by atoms with Crippen molar-refractivity contribution >= 4 is 29.0 Å². The fraction of sp³-hybridized carbons (Fsp3) is 0.467. The number of aromatic carboxylic acids is 1. The van der Waals surface area contributed by atoms with Crippen molar-refractivity contribution in [3.05, 3.63) is 29.8 Å². The number of hydrogen-bond donors (Lipinski definition) is 4. The number of thiocarbonyl (C=S) groups is 1. The molecule has 0 spiro atoms. The van der Waals surface area contributed by atoms with Crippen LogP contribution in [0.4, 0.5) is 5.69 Å². The zero-order valence-corrected chi connectivity index (χ0v) is 12.9. The molecule has 4 N–H and O–H groups in total. The molecule has 1 aromatic carbocycles. The largest absolute Gasteiger partial charge is 0.478 e. The Hall–Kier alpha value is -1.82. The van der Waals surface area contributed by atoms with Gasteiger partial charge in [0, 0.05) is 6.04 Å². The Bertz CT molecular complexity index is 504. The van der Waals surface area contributed by atoms with E-state index in [4.69, 9.17) is 17.3 Å². The minimum Gasteiger partial charge on any atom is -0.478 e. The molecule has 2 atom stereocenters. The molecule has 1 aliphatic carbocycles. The molecular weight excluding hydrogens is 286 g/mol. The Morgan fingerprint density at radius 3 is 2.52 bits per heavy atom. The molecule has 0 heterocycles. The normalized spacial score (nSPS) is 21.4. The third-order valence-corrected chi connectivity index (χ3v) is 4.10. The van der Waals surface area contributed by atoms with Crippen molar-refractivity contribution in [1.29, 1.82) is 0 Å². The molecule has 0 bridgehead atoms. The number of carbonyl (C=O) groups is 1. The van der Waals surface area contributed by atoms with Crippen molar-refractivity contribution in [2.45, 2.75) is 38.6 Å². The van der Waals surface area contributed by atoms with Crippen LogP contribution in [0.3, 0.4) is 0 Å². The van der Waals surface area contributed by atoms with Gasteiger partial charge < -0.3 is 10.4 Å². The average molecular weight is 307 g/mol. The first kappa shape index (κ1) is 15.6. The number of hydrogen-bond acceptors (Lipinski definition) is 3. The Morgan fingerprint density at radius 2 is 1.90 bits per heavy atom. The molecule has 6 heteroatoms. The lowest BCUT2D eigenvalue weighted by Crippen LogP contribution is -2.47. The number of carboxylic acid groups (broad SMARTS) is 1. The van der Waals surface area contributed by atoms with Gasteiger partial charge >= 0.3 is 5.97 Å². The zero-order chi connectivity index (χ0) is 15.2. The predicted molar refractivity (Wildman–Crippen MR) is 87.3 cm³/mol. The first-order valence-electron chi connectivity index (χ1n) is 7.22. The molecule has 1 aromatic rings. The summed E-state index contributed by atoms with van der Waals surface area (Å²) in [7, 11) is 0. The van der Waals surface area contributed by atoms with Crippen molar-refractivity contribution in [3.8, 4) is 0 Å². The van der Waals surface area contributed by atoms with Crippen LogP contribution < -0.4 is 16.2 Å². The molecule has 114 valence electrons. The molecule has 0 unspecified atom stereocenters. The van der Waals surface area contributed by atoms with E-state index in [1.807, 2.05) is 0 Å². The second-order valence-corrected chi connectivity index (χ2v) is 5.88. The van der Waals surface area contributed by atoms with Gasteiger partial charge in [0.25, 0.3) is 0 Å². The van der Waals surface area contributed by atoms with E-state index in [0.29, 0.717) is 17.1 Å². The fourth-order valence-electron chi connectivity index (χ4n) is 2.56. The van der Waals surface area contributed by atoms with Gasteiger partial charge in [0.15, 0.2) is 5.11 Å². The SMILES string of the molecule is C[C@H]1CCCC[C@@H]1NC(=S)NNc1ccc(C(=O)O)cc1. The lowest BCUT2D eigenvalue weighted by molar-refractivity contribution is 0.0697. The molecule has 1 fully saturated rings. The van der Waals surface area contributed by atoms with Crippen molar-refractivity contribution in [3.63, 3.8) is 0 Å². The molecule has 5 nitrogen and oxygen atoms in total. The number of anilines is 1. The van der Waals surface area contributed by atoms with Crippen LogP contribution >= 0.6 is 12.2 Å². The molecule has 2 rings (SSSR count). The quantitative estimate of drug-likeness (QED) is 0.506. The van der Waals surface area contributed by atoms with Gasteiger partial charge in [0.2, 0.25) is 0 Å².